The molecule has 1 aliphatic rings. The highest BCUT2D eigenvalue weighted by atomic mass is 35.5. The predicted octanol–water partition coefficient (Wildman–Crippen LogP) is 1.71. The summed E-state index contributed by atoms with van der Waals surface area (Å²) in [5.74, 6) is -0.810. The molecule has 2 amide bonds. The number of nitrogens with zero attached hydrogens (tertiary/aromatic N) is 1. The molecule has 0 aromatic heterocycles. The average Bonchev–Trinajstić information content (AvgIpc) is 2.34. The maximum Gasteiger partial charge on any atom is 0.245 e. The minimum atomic E-state index is -0.565. The first-order valence-corrected chi connectivity index (χ1v) is 6.32. The van der Waals surface area contributed by atoms with Crippen molar-refractivity contribution in [1.82, 2.24) is 10.2 Å². The quantitative estimate of drug-likeness (QED) is 0.899. The average molecular weight is 285 g/mol. The Labute approximate surface area is 115 Å². The minimum Gasteiger partial charge on any atom is -0.343 e. The van der Waals surface area contributed by atoms with Gasteiger partial charge in [0.05, 0.1) is 0 Å². The summed E-state index contributed by atoms with van der Waals surface area (Å²) in [4.78, 5) is 25.2. The zero-order valence-electron chi connectivity index (χ0n) is 10.6. The van der Waals surface area contributed by atoms with Gasteiger partial charge in [0.1, 0.15) is 17.9 Å². The standard InChI is InChI=1S/C13H14ClFN2O2/c1-7-13(19)17(8(2)12(18)16-7)6-9-3-4-10(15)5-11(9)14/h3-5,7-8H,6H2,1-2H3,(H,16,18). The fraction of sp³-hybridized carbons (Fsp3) is 0.385. The van der Waals surface area contributed by atoms with E-state index < -0.39 is 17.9 Å². The van der Waals surface area contributed by atoms with E-state index in [1.165, 1.54) is 23.1 Å². The van der Waals surface area contributed by atoms with Crippen LogP contribution in [0.25, 0.3) is 0 Å². The van der Waals surface area contributed by atoms with Crippen molar-refractivity contribution in [2.45, 2.75) is 32.5 Å². The van der Waals surface area contributed by atoms with Gasteiger partial charge in [0.25, 0.3) is 0 Å². The van der Waals surface area contributed by atoms with Crippen molar-refractivity contribution in [1.29, 1.82) is 0 Å². The molecule has 0 spiro atoms. The molecule has 1 fully saturated rings. The van der Waals surface area contributed by atoms with Crippen LogP contribution in [0.15, 0.2) is 18.2 Å². The molecular weight excluding hydrogens is 271 g/mol. The number of benzene rings is 1. The normalized spacial score (nSPS) is 23.5. The number of nitrogens with one attached hydrogen (secondary N) is 1. The summed E-state index contributed by atoms with van der Waals surface area (Å²) in [6.45, 7) is 3.47. The summed E-state index contributed by atoms with van der Waals surface area (Å²) >= 11 is 5.94. The second-order valence-corrected chi connectivity index (χ2v) is 5.02. The zero-order valence-corrected chi connectivity index (χ0v) is 11.4. The fourth-order valence-corrected chi connectivity index (χ4v) is 2.25. The highest BCUT2D eigenvalue weighted by molar-refractivity contribution is 6.31. The molecule has 1 aromatic carbocycles. The van der Waals surface area contributed by atoms with E-state index in [0.29, 0.717) is 5.56 Å². The number of amides is 2. The Morgan fingerprint density at radius 2 is 2.05 bits per heavy atom. The van der Waals surface area contributed by atoms with E-state index in [4.69, 9.17) is 11.6 Å². The lowest BCUT2D eigenvalue weighted by atomic mass is 10.1. The van der Waals surface area contributed by atoms with E-state index in [-0.39, 0.29) is 23.4 Å². The molecule has 2 unspecified atom stereocenters. The Morgan fingerprint density at radius 1 is 1.37 bits per heavy atom. The van der Waals surface area contributed by atoms with Crippen LogP contribution in [0, 0.1) is 5.82 Å². The van der Waals surface area contributed by atoms with Gasteiger partial charge in [-0.2, -0.15) is 0 Å². The van der Waals surface area contributed by atoms with Gasteiger partial charge in [-0.3, -0.25) is 9.59 Å². The largest absolute Gasteiger partial charge is 0.343 e. The third-order valence-corrected chi connectivity index (χ3v) is 3.57. The minimum absolute atomic E-state index is 0.174. The molecule has 0 aliphatic carbocycles. The Balaban J connectivity index is 2.25. The molecule has 1 aliphatic heterocycles. The summed E-state index contributed by atoms with van der Waals surface area (Å²) in [5, 5.41) is 2.84. The van der Waals surface area contributed by atoms with Gasteiger partial charge in [-0.1, -0.05) is 17.7 Å². The van der Waals surface area contributed by atoms with Gasteiger partial charge in [-0.05, 0) is 31.5 Å². The van der Waals surface area contributed by atoms with Crippen molar-refractivity contribution in [3.63, 3.8) is 0 Å². The SMILES string of the molecule is CC1NC(=O)C(C)N(Cc2ccc(F)cc2Cl)C1=O. The molecule has 0 saturated carbocycles. The third-order valence-electron chi connectivity index (χ3n) is 3.22. The Bertz CT molecular complexity index is 535. The first-order valence-electron chi connectivity index (χ1n) is 5.95. The van der Waals surface area contributed by atoms with Gasteiger partial charge in [0, 0.05) is 11.6 Å². The number of hydrogen-bond donors (Lipinski definition) is 1. The number of carbonyl (C=O) groups excluding carboxylic acids is 2. The Morgan fingerprint density at radius 3 is 2.68 bits per heavy atom. The molecule has 6 heteroatoms. The number of rotatable bonds is 2. The molecule has 1 aromatic rings. The van der Waals surface area contributed by atoms with Crippen molar-refractivity contribution in [3.8, 4) is 0 Å². The molecule has 2 atom stereocenters. The van der Waals surface area contributed by atoms with Crippen LogP contribution in [-0.4, -0.2) is 28.8 Å². The maximum atomic E-state index is 13.0. The first-order chi connectivity index (χ1) is 8.90. The van der Waals surface area contributed by atoms with Crippen LogP contribution >= 0.6 is 11.6 Å². The van der Waals surface area contributed by atoms with Crippen molar-refractivity contribution >= 4 is 23.4 Å². The molecule has 4 nitrogen and oxygen atoms in total. The van der Waals surface area contributed by atoms with E-state index in [9.17, 15) is 14.0 Å². The molecular formula is C13H14ClFN2O2. The van der Waals surface area contributed by atoms with Crippen LogP contribution in [0.5, 0.6) is 0 Å². The lowest BCUT2D eigenvalue weighted by Crippen LogP contribution is -2.60. The van der Waals surface area contributed by atoms with E-state index in [0.717, 1.165) is 0 Å². The summed E-state index contributed by atoms with van der Waals surface area (Å²) in [5.41, 5.74) is 0.616. The van der Waals surface area contributed by atoms with Crippen molar-refractivity contribution in [3.05, 3.63) is 34.6 Å². The predicted molar refractivity (Wildman–Crippen MR) is 69.0 cm³/mol. The van der Waals surface area contributed by atoms with Gasteiger partial charge < -0.3 is 10.2 Å². The highest BCUT2D eigenvalue weighted by Gasteiger charge is 2.35. The summed E-state index contributed by atoms with van der Waals surface area (Å²) in [6.07, 6.45) is 0. The zero-order chi connectivity index (χ0) is 14.2. The number of piperazine rings is 1. The molecule has 2 rings (SSSR count). The highest BCUT2D eigenvalue weighted by Crippen LogP contribution is 2.21. The molecule has 0 radical (unpaired) electrons. The van der Waals surface area contributed by atoms with Crippen LogP contribution in [0.1, 0.15) is 19.4 Å². The van der Waals surface area contributed by atoms with Crippen LogP contribution in [0.2, 0.25) is 5.02 Å². The van der Waals surface area contributed by atoms with Gasteiger partial charge in [0.2, 0.25) is 11.8 Å². The second-order valence-electron chi connectivity index (χ2n) is 4.61. The smallest absolute Gasteiger partial charge is 0.245 e. The molecule has 1 N–H and O–H groups in total. The van der Waals surface area contributed by atoms with E-state index in [2.05, 4.69) is 5.32 Å². The number of halogens is 2. The lowest BCUT2D eigenvalue weighted by molar-refractivity contribution is -0.148. The van der Waals surface area contributed by atoms with Crippen molar-refractivity contribution in [2.75, 3.05) is 0 Å². The molecule has 1 heterocycles. The maximum absolute atomic E-state index is 13.0. The Kier molecular flexibility index (Phi) is 3.75. The molecule has 19 heavy (non-hydrogen) atoms. The van der Waals surface area contributed by atoms with Crippen molar-refractivity contribution in [2.24, 2.45) is 0 Å². The van der Waals surface area contributed by atoms with Gasteiger partial charge in [-0.15, -0.1) is 0 Å². The first kappa shape index (κ1) is 13.8. The monoisotopic (exact) mass is 284 g/mol. The van der Waals surface area contributed by atoms with E-state index in [1.54, 1.807) is 13.8 Å². The van der Waals surface area contributed by atoms with Crippen LogP contribution in [0.4, 0.5) is 4.39 Å². The van der Waals surface area contributed by atoms with Crippen LogP contribution < -0.4 is 5.32 Å². The molecule has 1 saturated heterocycles. The van der Waals surface area contributed by atoms with E-state index >= 15 is 0 Å². The van der Waals surface area contributed by atoms with E-state index in [1.807, 2.05) is 0 Å². The summed E-state index contributed by atoms with van der Waals surface area (Å²) < 4.78 is 13.0. The number of carbonyl (C=O) groups is 2. The topological polar surface area (TPSA) is 49.4 Å². The summed E-state index contributed by atoms with van der Waals surface area (Å²) in [7, 11) is 0. The molecule has 0 bridgehead atoms. The van der Waals surface area contributed by atoms with Crippen LogP contribution in [0.3, 0.4) is 0 Å². The summed E-state index contributed by atoms with van der Waals surface area (Å²) in [6, 6.07) is 2.88. The lowest BCUT2D eigenvalue weighted by Gasteiger charge is -2.36. The Hall–Kier alpha value is -1.62. The van der Waals surface area contributed by atoms with Crippen LogP contribution in [-0.2, 0) is 16.1 Å². The van der Waals surface area contributed by atoms with Crippen molar-refractivity contribution < 1.29 is 14.0 Å². The van der Waals surface area contributed by atoms with Gasteiger partial charge in [0.15, 0.2) is 0 Å². The third kappa shape index (κ3) is 2.71. The van der Waals surface area contributed by atoms with Gasteiger partial charge >= 0.3 is 0 Å². The fourth-order valence-electron chi connectivity index (χ4n) is 2.03. The molecule has 102 valence electrons. The second kappa shape index (κ2) is 5.17. The number of hydrogen-bond acceptors (Lipinski definition) is 2. The van der Waals surface area contributed by atoms with Gasteiger partial charge in [-0.25, -0.2) is 4.39 Å².